The monoisotopic (exact) mass is 536 g/mol. The molecule has 0 aliphatic heterocycles. The summed E-state index contributed by atoms with van der Waals surface area (Å²) >= 11 is 1.28. The lowest BCUT2D eigenvalue weighted by Crippen LogP contribution is -2.12. The Balaban J connectivity index is 1.63. The smallest absolute Gasteiger partial charge is 0.220 e. The van der Waals surface area contributed by atoms with Crippen molar-refractivity contribution in [2.45, 2.75) is 44.7 Å². The van der Waals surface area contributed by atoms with Crippen molar-refractivity contribution >= 4 is 11.8 Å². The fraction of sp³-hybridized carbons (Fsp3) is 0.286. The van der Waals surface area contributed by atoms with Gasteiger partial charge in [0.05, 0.1) is 6.61 Å². The summed E-state index contributed by atoms with van der Waals surface area (Å²) in [5.74, 6) is 1.35. The number of benzene rings is 3. The molecule has 10 heteroatoms. The molecule has 0 amide bonds. The number of hydrogen-bond acceptors (Lipinski definition) is 7. The third kappa shape index (κ3) is 6.49. The maximum Gasteiger partial charge on any atom is 0.220 e. The molecule has 4 aromatic rings. The maximum absolute atomic E-state index is 13.2. The first-order valence-corrected chi connectivity index (χ1v) is 13.0. The molecule has 198 valence electrons. The number of ether oxygens (including phenoxy) is 2. The summed E-state index contributed by atoms with van der Waals surface area (Å²) in [5, 5.41) is 20.2. The van der Waals surface area contributed by atoms with Gasteiger partial charge in [0.1, 0.15) is 23.5 Å². The third-order valence-electron chi connectivity index (χ3n) is 6.05. The standard InChI is InChI=1S/C28H29FN4O4S/c1-5-36-26-15-22(9-13-25(26)37-17-21-7-10-23(29)11-8-21)27(16-32(34)35)38-28-31-30-20(4)33(28)24-12-6-18(2)19(3)14-24/h6-15,27H,5,16-17H2,1-4H3/t27-/m0/s1. The van der Waals surface area contributed by atoms with Gasteiger partial charge in [-0.3, -0.25) is 14.7 Å². The lowest BCUT2D eigenvalue weighted by atomic mass is 10.1. The predicted molar refractivity (Wildman–Crippen MR) is 144 cm³/mol. The van der Waals surface area contributed by atoms with Gasteiger partial charge in [-0.25, -0.2) is 4.39 Å². The molecular weight excluding hydrogens is 507 g/mol. The van der Waals surface area contributed by atoms with Gasteiger partial charge in [0.25, 0.3) is 0 Å². The van der Waals surface area contributed by atoms with Crippen LogP contribution in [0.3, 0.4) is 0 Å². The molecule has 0 saturated carbocycles. The number of aryl methyl sites for hydroxylation is 3. The molecule has 0 saturated heterocycles. The van der Waals surface area contributed by atoms with E-state index in [-0.39, 0.29) is 23.9 Å². The minimum absolute atomic E-state index is 0.227. The van der Waals surface area contributed by atoms with E-state index < -0.39 is 5.25 Å². The van der Waals surface area contributed by atoms with E-state index in [1.807, 2.05) is 44.4 Å². The molecule has 1 heterocycles. The number of aromatic nitrogens is 3. The summed E-state index contributed by atoms with van der Waals surface area (Å²) in [5.41, 5.74) is 4.71. The normalized spacial score (nSPS) is 11.8. The average Bonchev–Trinajstić information content (AvgIpc) is 3.25. The van der Waals surface area contributed by atoms with E-state index in [0.717, 1.165) is 16.8 Å². The van der Waals surface area contributed by atoms with Crippen LogP contribution in [0.1, 0.15) is 40.3 Å². The molecule has 0 fully saturated rings. The second kappa shape index (κ2) is 12.1. The SMILES string of the molecule is CCOc1cc([C@H](C[N+](=O)[O-])Sc2nnc(C)n2-c2ccc(C)c(C)c2)ccc1OCc1ccc(F)cc1. The third-order valence-corrected chi connectivity index (χ3v) is 7.23. The zero-order valence-corrected chi connectivity index (χ0v) is 22.5. The molecule has 0 bridgehead atoms. The van der Waals surface area contributed by atoms with E-state index in [1.165, 1.54) is 29.5 Å². The molecule has 0 unspecified atom stereocenters. The average molecular weight is 537 g/mol. The van der Waals surface area contributed by atoms with Gasteiger partial charge in [-0.2, -0.15) is 0 Å². The van der Waals surface area contributed by atoms with Crippen LogP contribution in [0, 0.1) is 36.7 Å². The molecule has 1 aromatic heterocycles. The Labute approximate surface area is 225 Å². The van der Waals surface area contributed by atoms with Crippen LogP contribution in [-0.2, 0) is 6.61 Å². The topological polar surface area (TPSA) is 92.3 Å². The fourth-order valence-corrected chi connectivity index (χ4v) is 5.07. The Bertz CT molecular complexity index is 1430. The van der Waals surface area contributed by atoms with Crippen LogP contribution in [0.25, 0.3) is 5.69 Å². The van der Waals surface area contributed by atoms with Gasteiger partial charge in [-0.1, -0.05) is 36.0 Å². The largest absolute Gasteiger partial charge is 0.490 e. The first-order valence-electron chi connectivity index (χ1n) is 12.2. The number of nitrogens with zero attached hydrogens (tertiary/aromatic N) is 4. The minimum atomic E-state index is -0.552. The lowest BCUT2D eigenvalue weighted by Gasteiger charge is -2.18. The molecule has 38 heavy (non-hydrogen) atoms. The summed E-state index contributed by atoms with van der Waals surface area (Å²) in [7, 11) is 0. The van der Waals surface area contributed by atoms with Crippen LogP contribution >= 0.6 is 11.8 Å². The van der Waals surface area contributed by atoms with Crippen molar-refractivity contribution < 1.29 is 18.8 Å². The van der Waals surface area contributed by atoms with Crippen molar-refractivity contribution in [2.75, 3.05) is 13.2 Å². The van der Waals surface area contributed by atoms with Crippen LogP contribution in [0.15, 0.2) is 65.8 Å². The quantitative estimate of drug-likeness (QED) is 0.124. The Hall–Kier alpha value is -3.92. The lowest BCUT2D eigenvalue weighted by molar-refractivity contribution is -0.479. The number of rotatable bonds is 11. The number of thioether (sulfide) groups is 1. The summed E-state index contributed by atoms with van der Waals surface area (Å²) < 4.78 is 26.9. The molecule has 0 N–H and O–H groups in total. The van der Waals surface area contributed by atoms with Gasteiger partial charge in [0.2, 0.25) is 6.54 Å². The van der Waals surface area contributed by atoms with Crippen molar-refractivity contribution in [1.82, 2.24) is 14.8 Å². The van der Waals surface area contributed by atoms with Gasteiger partial charge in [-0.05, 0) is 86.3 Å². The van der Waals surface area contributed by atoms with Gasteiger partial charge in [-0.15, -0.1) is 10.2 Å². The van der Waals surface area contributed by atoms with Crippen LogP contribution in [0.2, 0.25) is 0 Å². The number of nitro groups is 1. The van der Waals surface area contributed by atoms with E-state index >= 15 is 0 Å². The van der Waals surface area contributed by atoms with Crippen molar-refractivity contribution in [3.05, 3.63) is 105 Å². The Morgan fingerprint density at radius 1 is 0.974 bits per heavy atom. The molecule has 4 rings (SSSR count). The molecule has 0 radical (unpaired) electrons. The van der Waals surface area contributed by atoms with E-state index in [4.69, 9.17) is 9.47 Å². The minimum Gasteiger partial charge on any atom is -0.490 e. The molecule has 3 aromatic carbocycles. The zero-order valence-electron chi connectivity index (χ0n) is 21.7. The summed E-state index contributed by atoms with van der Waals surface area (Å²) in [4.78, 5) is 11.3. The maximum atomic E-state index is 13.2. The summed E-state index contributed by atoms with van der Waals surface area (Å²) in [6.45, 7) is 8.10. The summed E-state index contributed by atoms with van der Waals surface area (Å²) in [6.07, 6.45) is 0. The molecule has 1 atom stereocenters. The van der Waals surface area contributed by atoms with Crippen LogP contribution < -0.4 is 9.47 Å². The Kier molecular flexibility index (Phi) is 8.62. The first-order chi connectivity index (χ1) is 18.2. The van der Waals surface area contributed by atoms with Crippen molar-refractivity contribution in [3.8, 4) is 17.2 Å². The highest BCUT2D eigenvalue weighted by Crippen LogP contribution is 2.40. The highest BCUT2D eigenvalue weighted by Gasteiger charge is 2.25. The molecular formula is C28H29FN4O4S. The van der Waals surface area contributed by atoms with Crippen LogP contribution in [0.5, 0.6) is 11.5 Å². The highest BCUT2D eigenvalue weighted by atomic mass is 32.2. The van der Waals surface area contributed by atoms with Gasteiger partial charge >= 0.3 is 0 Å². The highest BCUT2D eigenvalue weighted by molar-refractivity contribution is 7.99. The molecule has 8 nitrogen and oxygen atoms in total. The number of hydrogen-bond donors (Lipinski definition) is 0. The Morgan fingerprint density at radius 2 is 1.74 bits per heavy atom. The Morgan fingerprint density at radius 3 is 2.42 bits per heavy atom. The van der Waals surface area contributed by atoms with Gasteiger partial charge < -0.3 is 9.47 Å². The van der Waals surface area contributed by atoms with Gasteiger partial charge in [0.15, 0.2) is 16.7 Å². The van der Waals surface area contributed by atoms with Crippen molar-refractivity contribution in [2.24, 2.45) is 0 Å². The predicted octanol–water partition coefficient (Wildman–Crippen LogP) is 6.42. The zero-order chi connectivity index (χ0) is 27.2. The molecule has 0 spiro atoms. The van der Waals surface area contributed by atoms with Crippen LogP contribution in [0.4, 0.5) is 4.39 Å². The van der Waals surface area contributed by atoms with E-state index in [1.54, 1.807) is 30.3 Å². The second-order valence-electron chi connectivity index (χ2n) is 8.81. The van der Waals surface area contributed by atoms with Crippen molar-refractivity contribution in [3.63, 3.8) is 0 Å². The van der Waals surface area contributed by atoms with E-state index in [2.05, 4.69) is 16.3 Å². The molecule has 0 aliphatic rings. The second-order valence-corrected chi connectivity index (χ2v) is 9.98. The molecule has 0 aliphatic carbocycles. The van der Waals surface area contributed by atoms with Crippen LogP contribution in [-0.4, -0.2) is 32.8 Å². The van der Waals surface area contributed by atoms with Gasteiger partial charge in [0, 0.05) is 10.6 Å². The first kappa shape index (κ1) is 27.1. The number of halogens is 1. The van der Waals surface area contributed by atoms with E-state index in [9.17, 15) is 14.5 Å². The van der Waals surface area contributed by atoms with E-state index in [0.29, 0.717) is 34.7 Å². The van der Waals surface area contributed by atoms with Crippen molar-refractivity contribution in [1.29, 1.82) is 0 Å². The summed E-state index contributed by atoms with van der Waals surface area (Å²) in [6, 6.07) is 17.5. The fourth-order valence-electron chi connectivity index (χ4n) is 3.91.